The molecule has 0 saturated heterocycles. The first-order chi connectivity index (χ1) is 12.5. The van der Waals surface area contributed by atoms with Crippen LogP contribution in [-0.2, 0) is 18.3 Å². The Morgan fingerprint density at radius 1 is 1.38 bits per heavy atom. The van der Waals surface area contributed by atoms with Gasteiger partial charge in [-0.2, -0.15) is 5.10 Å². The Hall–Kier alpha value is -2.30. The Kier molecular flexibility index (Phi) is 3.27. The number of nitrogens with zero attached hydrogens (tertiary/aromatic N) is 1. The van der Waals surface area contributed by atoms with E-state index in [0.717, 1.165) is 43.4 Å². The van der Waals surface area contributed by atoms with Crippen LogP contribution in [0.4, 0.5) is 0 Å². The summed E-state index contributed by atoms with van der Waals surface area (Å²) in [6.07, 6.45) is 5.38. The zero-order chi connectivity index (χ0) is 18.1. The first-order valence-electron chi connectivity index (χ1n) is 9.64. The number of phenolic OH excluding ortho intramolecular Hbond substituents is 1. The molecular weight excluding hydrogens is 326 g/mol. The average molecular weight is 351 g/mol. The quantitative estimate of drug-likeness (QED) is 0.739. The van der Waals surface area contributed by atoms with E-state index >= 15 is 0 Å². The largest absolute Gasteiger partial charge is 0.508 e. The molecule has 0 bridgehead atoms. The van der Waals surface area contributed by atoms with Gasteiger partial charge < -0.3 is 10.4 Å². The number of phenols is 1. The van der Waals surface area contributed by atoms with E-state index in [2.05, 4.69) is 28.5 Å². The van der Waals surface area contributed by atoms with Gasteiger partial charge >= 0.3 is 0 Å². The van der Waals surface area contributed by atoms with Gasteiger partial charge in [-0.25, -0.2) is 0 Å². The van der Waals surface area contributed by atoms with Crippen LogP contribution < -0.4 is 5.32 Å². The number of benzene rings is 1. The summed E-state index contributed by atoms with van der Waals surface area (Å²) in [5.41, 5.74) is 5.71. The van der Waals surface area contributed by atoms with Crippen LogP contribution in [0.15, 0.2) is 18.2 Å². The summed E-state index contributed by atoms with van der Waals surface area (Å²) >= 11 is 0. The van der Waals surface area contributed by atoms with Crippen molar-refractivity contribution in [2.75, 3.05) is 7.05 Å². The predicted molar refractivity (Wildman–Crippen MR) is 98.4 cm³/mol. The van der Waals surface area contributed by atoms with Crippen molar-refractivity contribution in [2.45, 2.75) is 50.4 Å². The van der Waals surface area contributed by atoms with Gasteiger partial charge in [0, 0.05) is 18.0 Å². The van der Waals surface area contributed by atoms with Gasteiger partial charge in [-0.3, -0.25) is 9.89 Å². The lowest BCUT2D eigenvalue weighted by molar-refractivity contribution is 0.0948. The Morgan fingerprint density at radius 3 is 3.04 bits per heavy atom. The van der Waals surface area contributed by atoms with Crippen LogP contribution in [0.2, 0.25) is 0 Å². The number of amides is 1. The van der Waals surface area contributed by atoms with Crippen molar-refractivity contribution < 1.29 is 9.90 Å². The second-order valence-electron chi connectivity index (χ2n) is 8.46. The van der Waals surface area contributed by atoms with E-state index in [1.807, 2.05) is 12.1 Å². The zero-order valence-corrected chi connectivity index (χ0v) is 15.3. The number of aromatic amines is 1. The van der Waals surface area contributed by atoms with Crippen LogP contribution in [0, 0.1) is 11.8 Å². The number of nitrogens with one attached hydrogen (secondary N) is 2. The number of hydrogen-bond donors (Lipinski definition) is 3. The van der Waals surface area contributed by atoms with Crippen LogP contribution in [0.25, 0.3) is 0 Å². The molecule has 26 heavy (non-hydrogen) atoms. The second kappa shape index (κ2) is 5.35. The zero-order valence-electron chi connectivity index (χ0n) is 15.3. The highest BCUT2D eigenvalue weighted by Gasteiger charge is 2.55. The topological polar surface area (TPSA) is 78.0 Å². The van der Waals surface area contributed by atoms with E-state index in [1.165, 1.54) is 11.1 Å². The monoisotopic (exact) mass is 351 g/mol. The number of hydrogen-bond acceptors (Lipinski definition) is 3. The molecule has 1 amide bonds. The maximum Gasteiger partial charge on any atom is 0.269 e. The lowest BCUT2D eigenvalue weighted by Gasteiger charge is -2.49. The van der Waals surface area contributed by atoms with Gasteiger partial charge in [-0.15, -0.1) is 0 Å². The number of aryl methyl sites for hydroxylation is 1. The fourth-order valence-electron chi connectivity index (χ4n) is 6.13. The van der Waals surface area contributed by atoms with Crippen molar-refractivity contribution in [2.24, 2.45) is 11.8 Å². The normalized spacial score (nSPS) is 31.5. The van der Waals surface area contributed by atoms with E-state index in [-0.39, 0.29) is 11.3 Å². The number of rotatable bonds is 1. The number of carbonyl (C=O) groups is 1. The summed E-state index contributed by atoms with van der Waals surface area (Å²) in [7, 11) is 1.67. The summed E-state index contributed by atoms with van der Waals surface area (Å²) in [4.78, 5) is 12.2. The summed E-state index contributed by atoms with van der Waals surface area (Å²) < 4.78 is 0. The number of H-pyrrole nitrogens is 1. The molecule has 3 aliphatic rings. The number of aromatic hydroxyl groups is 1. The molecule has 1 saturated carbocycles. The molecule has 4 unspecified atom stereocenters. The highest BCUT2D eigenvalue weighted by atomic mass is 16.3. The first-order valence-corrected chi connectivity index (χ1v) is 9.64. The van der Waals surface area contributed by atoms with E-state index in [0.29, 0.717) is 29.2 Å². The maximum atomic E-state index is 12.2. The smallest absolute Gasteiger partial charge is 0.269 e. The van der Waals surface area contributed by atoms with Gasteiger partial charge in [-0.1, -0.05) is 13.0 Å². The van der Waals surface area contributed by atoms with Crippen molar-refractivity contribution in [1.82, 2.24) is 15.5 Å². The molecule has 1 heterocycles. The Balaban J connectivity index is 1.53. The molecule has 5 heteroatoms. The Morgan fingerprint density at radius 2 is 2.23 bits per heavy atom. The fraction of sp³-hybridized carbons (Fsp3) is 0.524. The van der Waals surface area contributed by atoms with Gasteiger partial charge in [0.1, 0.15) is 11.4 Å². The molecule has 4 atom stereocenters. The van der Waals surface area contributed by atoms with E-state index < -0.39 is 0 Å². The van der Waals surface area contributed by atoms with Crippen LogP contribution in [-0.4, -0.2) is 28.3 Å². The average Bonchev–Trinajstić information content (AvgIpc) is 3.18. The first kappa shape index (κ1) is 15.9. The molecule has 5 nitrogen and oxygen atoms in total. The molecule has 0 radical (unpaired) electrons. The van der Waals surface area contributed by atoms with Gasteiger partial charge in [0.15, 0.2) is 0 Å². The van der Waals surface area contributed by atoms with Crippen molar-refractivity contribution in [3.05, 3.63) is 46.3 Å². The minimum absolute atomic E-state index is 0.0632. The van der Waals surface area contributed by atoms with Crippen molar-refractivity contribution in [1.29, 1.82) is 0 Å². The summed E-state index contributed by atoms with van der Waals surface area (Å²) in [6.45, 7) is 2.35. The number of fused-ring (bicyclic) bond motifs is 7. The third-order valence-corrected chi connectivity index (χ3v) is 7.39. The lowest BCUT2D eigenvalue weighted by Crippen LogP contribution is -2.43. The molecule has 5 rings (SSSR count). The molecule has 1 aromatic carbocycles. The highest BCUT2D eigenvalue weighted by molar-refractivity contribution is 5.94. The molecule has 1 fully saturated rings. The minimum atomic E-state index is -0.0676. The van der Waals surface area contributed by atoms with E-state index in [4.69, 9.17) is 0 Å². The Labute approximate surface area is 153 Å². The van der Waals surface area contributed by atoms with Crippen molar-refractivity contribution in [3.8, 4) is 5.75 Å². The molecule has 2 aromatic rings. The van der Waals surface area contributed by atoms with E-state index in [9.17, 15) is 9.90 Å². The number of carbonyl (C=O) groups excluding carboxylic acids is 1. The van der Waals surface area contributed by atoms with Crippen molar-refractivity contribution in [3.63, 3.8) is 0 Å². The SMILES string of the molecule is CNC(=O)c1[nH]nc2c1CC1C3CCc4cc(O)ccc4C3CCC21C. The molecule has 1 aromatic heterocycles. The third-order valence-electron chi connectivity index (χ3n) is 7.39. The van der Waals surface area contributed by atoms with Gasteiger partial charge in [0.25, 0.3) is 5.91 Å². The molecule has 0 aliphatic heterocycles. The minimum Gasteiger partial charge on any atom is -0.508 e. The third kappa shape index (κ3) is 1.97. The van der Waals surface area contributed by atoms with Crippen LogP contribution in [0.5, 0.6) is 5.75 Å². The number of aromatic nitrogens is 2. The molecule has 3 N–H and O–H groups in total. The van der Waals surface area contributed by atoms with Crippen molar-refractivity contribution >= 4 is 5.91 Å². The highest BCUT2D eigenvalue weighted by Crippen LogP contribution is 2.60. The standard InChI is InChI=1S/C21H25N3O2/c1-21-8-7-14-13-6-4-12(25)9-11(13)3-5-15(14)17(21)10-16-18(20(26)22-2)23-24-19(16)21/h4,6,9,14-15,17,25H,3,5,7-8,10H2,1-2H3,(H,22,26)(H,23,24). The van der Waals surface area contributed by atoms with Crippen LogP contribution in [0.1, 0.15) is 65.0 Å². The van der Waals surface area contributed by atoms with Crippen LogP contribution >= 0.6 is 0 Å². The summed E-state index contributed by atoms with van der Waals surface area (Å²) in [5, 5.41) is 20.1. The second-order valence-corrected chi connectivity index (χ2v) is 8.46. The molecule has 3 aliphatic carbocycles. The fourth-order valence-corrected chi connectivity index (χ4v) is 6.13. The molecule has 136 valence electrons. The van der Waals surface area contributed by atoms with Gasteiger partial charge in [0.05, 0.1) is 5.69 Å². The maximum absolute atomic E-state index is 12.2. The lowest BCUT2D eigenvalue weighted by atomic mass is 9.55. The van der Waals surface area contributed by atoms with Gasteiger partial charge in [-0.05, 0) is 73.1 Å². The molecule has 0 spiro atoms. The Bertz CT molecular complexity index is 903. The van der Waals surface area contributed by atoms with Gasteiger partial charge in [0.2, 0.25) is 0 Å². The predicted octanol–water partition coefficient (Wildman–Crippen LogP) is 3.04. The summed E-state index contributed by atoms with van der Waals surface area (Å²) in [5.74, 6) is 2.03. The summed E-state index contributed by atoms with van der Waals surface area (Å²) in [6, 6.07) is 5.91. The van der Waals surface area contributed by atoms with E-state index in [1.54, 1.807) is 7.05 Å². The molecular formula is C21H25N3O2. The van der Waals surface area contributed by atoms with Crippen LogP contribution in [0.3, 0.4) is 0 Å².